The second-order valence-corrected chi connectivity index (χ2v) is 3.57. The zero-order valence-electron chi connectivity index (χ0n) is 9.76. The van der Waals surface area contributed by atoms with Crippen LogP contribution >= 0.6 is 0 Å². The van der Waals surface area contributed by atoms with Crippen LogP contribution in [0.15, 0.2) is 29.4 Å². The number of tetrazole rings is 1. The fraction of sp³-hybridized carbons (Fsp3) is 0.100. The average molecular weight is 261 g/mol. The van der Waals surface area contributed by atoms with Crippen molar-refractivity contribution >= 4 is 18.1 Å². The van der Waals surface area contributed by atoms with Crippen LogP contribution in [0.4, 0.5) is 5.95 Å². The van der Waals surface area contributed by atoms with Crippen LogP contribution in [0.3, 0.4) is 0 Å². The molecule has 0 bridgehead atoms. The number of aromatic nitrogens is 4. The minimum absolute atomic E-state index is 0.00365. The number of benzene rings is 1. The lowest BCUT2D eigenvalue weighted by Gasteiger charge is -1.98. The quantitative estimate of drug-likeness (QED) is 0.483. The van der Waals surface area contributed by atoms with Crippen LogP contribution in [0.5, 0.6) is 5.75 Å². The molecule has 0 atom stereocenters. The Morgan fingerprint density at radius 2 is 2.42 bits per heavy atom. The summed E-state index contributed by atoms with van der Waals surface area (Å²) in [6.45, 7) is -0.137. The van der Waals surface area contributed by atoms with Gasteiger partial charge in [-0.05, 0) is 22.9 Å². The maximum Gasteiger partial charge on any atom is 0.263 e. The van der Waals surface area contributed by atoms with Crippen molar-refractivity contribution < 1.29 is 9.90 Å². The second kappa shape index (κ2) is 5.58. The minimum Gasteiger partial charge on any atom is -0.508 e. The standard InChI is InChI=1S/C10H11N7O2/c11-10-14-16-17(15-10)6-9(19)13-12-5-7-2-1-3-8(18)4-7/h1-5,18H,6H2,(H2,11,15)(H,13,19). The molecule has 1 amide bonds. The smallest absolute Gasteiger partial charge is 0.263 e. The first kappa shape index (κ1) is 12.5. The van der Waals surface area contributed by atoms with E-state index in [1.54, 1.807) is 12.1 Å². The summed E-state index contributed by atoms with van der Waals surface area (Å²) in [6.07, 6.45) is 1.40. The Bertz CT molecular complexity index is 607. The summed E-state index contributed by atoms with van der Waals surface area (Å²) in [5, 5.41) is 23.6. The third kappa shape index (κ3) is 3.77. The predicted octanol–water partition coefficient (Wildman–Crippen LogP) is -0.889. The van der Waals surface area contributed by atoms with Gasteiger partial charge in [-0.15, -0.1) is 5.10 Å². The van der Waals surface area contributed by atoms with Gasteiger partial charge in [0.1, 0.15) is 12.3 Å². The molecule has 0 aliphatic carbocycles. The van der Waals surface area contributed by atoms with Gasteiger partial charge in [0.15, 0.2) is 0 Å². The van der Waals surface area contributed by atoms with Crippen molar-refractivity contribution in [3.8, 4) is 5.75 Å². The molecule has 0 fully saturated rings. The Morgan fingerprint density at radius 1 is 1.58 bits per heavy atom. The van der Waals surface area contributed by atoms with Gasteiger partial charge in [0, 0.05) is 0 Å². The average Bonchev–Trinajstić information content (AvgIpc) is 2.75. The molecule has 2 rings (SSSR count). The van der Waals surface area contributed by atoms with E-state index in [4.69, 9.17) is 5.73 Å². The van der Waals surface area contributed by atoms with Crippen LogP contribution in [0.1, 0.15) is 5.56 Å². The van der Waals surface area contributed by atoms with E-state index in [2.05, 4.69) is 25.9 Å². The summed E-state index contributed by atoms with van der Waals surface area (Å²) < 4.78 is 0. The van der Waals surface area contributed by atoms with Crippen molar-refractivity contribution in [2.24, 2.45) is 5.10 Å². The van der Waals surface area contributed by atoms with Crippen LogP contribution in [0, 0.1) is 0 Å². The highest BCUT2D eigenvalue weighted by atomic mass is 16.3. The number of nitrogens with two attached hydrogens (primary N) is 1. The Hall–Kier alpha value is -2.97. The van der Waals surface area contributed by atoms with Gasteiger partial charge in [-0.2, -0.15) is 9.90 Å². The molecule has 0 unspecified atom stereocenters. The minimum atomic E-state index is -0.422. The fourth-order valence-electron chi connectivity index (χ4n) is 1.27. The fourth-order valence-corrected chi connectivity index (χ4v) is 1.27. The first-order chi connectivity index (χ1) is 9.13. The maximum atomic E-state index is 11.4. The van der Waals surface area contributed by atoms with E-state index >= 15 is 0 Å². The number of hydrazone groups is 1. The predicted molar refractivity (Wildman–Crippen MR) is 66.1 cm³/mol. The van der Waals surface area contributed by atoms with Crippen molar-refractivity contribution in [1.82, 2.24) is 25.6 Å². The van der Waals surface area contributed by atoms with E-state index in [1.165, 1.54) is 18.3 Å². The van der Waals surface area contributed by atoms with Gasteiger partial charge >= 0.3 is 0 Å². The lowest BCUT2D eigenvalue weighted by Crippen LogP contribution is -2.24. The first-order valence-corrected chi connectivity index (χ1v) is 5.28. The normalized spacial score (nSPS) is 10.7. The number of carbonyl (C=O) groups is 1. The van der Waals surface area contributed by atoms with E-state index in [-0.39, 0.29) is 18.2 Å². The highest BCUT2D eigenvalue weighted by Crippen LogP contribution is 2.08. The third-order valence-electron chi connectivity index (χ3n) is 2.03. The molecule has 2 aromatic rings. The molecule has 0 aliphatic heterocycles. The number of phenols is 1. The number of amides is 1. The molecule has 0 spiro atoms. The molecule has 0 aliphatic rings. The summed E-state index contributed by atoms with van der Waals surface area (Å²) in [5.74, 6) is -0.303. The van der Waals surface area contributed by atoms with E-state index in [0.717, 1.165) is 4.80 Å². The van der Waals surface area contributed by atoms with Crippen molar-refractivity contribution in [2.75, 3.05) is 5.73 Å². The Morgan fingerprint density at radius 3 is 3.11 bits per heavy atom. The molecule has 0 saturated carbocycles. The van der Waals surface area contributed by atoms with Crippen LogP contribution in [-0.2, 0) is 11.3 Å². The van der Waals surface area contributed by atoms with E-state index in [0.29, 0.717) is 5.56 Å². The van der Waals surface area contributed by atoms with Crippen molar-refractivity contribution in [1.29, 1.82) is 0 Å². The van der Waals surface area contributed by atoms with Crippen LogP contribution in [-0.4, -0.2) is 37.4 Å². The van der Waals surface area contributed by atoms with Gasteiger partial charge in [0.05, 0.1) is 6.21 Å². The highest BCUT2D eigenvalue weighted by molar-refractivity contribution is 5.82. The molecule has 0 radical (unpaired) electrons. The number of hydrogen-bond acceptors (Lipinski definition) is 7. The van der Waals surface area contributed by atoms with Gasteiger partial charge in [-0.25, -0.2) is 5.43 Å². The number of nitrogens with zero attached hydrogens (tertiary/aromatic N) is 5. The lowest BCUT2D eigenvalue weighted by molar-refractivity contribution is -0.122. The summed E-state index contributed by atoms with van der Waals surface area (Å²) in [7, 11) is 0. The molecule has 9 nitrogen and oxygen atoms in total. The largest absolute Gasteiger partial charge is 0.508 e. The third-order valence-corrected chi connectivity index (χ3v) is 2.03. The summed E-state index contributed by atoms with van der Waals surface area (Å²) >= 11 is 0. The Kier molecular flexibility index (Phi) is 3.67. The van der Waals surface area contributed by atoms with Crippen molar-refractivity contribution in [3.05, 3.63) is 29.8 Å². The zero-order chi connectivity index (χ0) is 13.7. The van der Waals surface area contributed by atoms with Gasteiger partial charge in [0.25, 0.3) is 11.9 Å². The van der Waals surface area contributed by atoms with Crippen LogP contribution in [0.2, 0.25) is 0 Å². The van der Waals surface area contributed by atoms with E-state index < -0.39 is 5.91 Å². The zero-order valence-corrected chi connectivity index (χ0v) is 9.76. The van der Waals surface area contributed by atoms with Crippen LogP contribution in [0.25, 0.3) is 0 Å². The summed E-state index contributed by atoms with van der Waals surface area (Å²) in [6, 6.07) is 6.45. The number of rotatable bonds is 4. The highest BCUT2D eigenvalue weighted by Gasteiger charge is 2.04. The second-order valence-electron chi connectivity index (χ2n) is 3.57. The molecule has 1 aromatic heterocycles. The SMILES string of the molecule is Nc1nnn(CC(=O)NN=Cc2cccc(O)c2)n1. The number of nitrogens with one attached hydrogen (secondary N) is 1. The summed E-state index contributed by atoms with van der Waals surface area (Å²) in [4.78, 5) is 12.5. The molecule has 98 valence electrons. The topological polar surface area (TPSA) is 131 Å². The van der Waals surface area contributed by atoms with E-state index in [1.807, 2.05) is 0 Å². The lowest BCUT2D eigenvalue weighted by atomic mass is 10.2. The number of hydrogen-bond donors (Lipinski definition) is 3. The Labute approximate surface area is 107 Å². The van der Waals surface area contributed by atoms with Crippen molar-refractivity contribution in [2.45, 2.75) is 6.54 Å². The number of carbonyl (C=O) groups excluding carboxylic acids is 1. The van der Waals surface area contributed by atoms with Crippen molar-refractivity contribution in [3.63, 3.8) is 0 Å². The number of phenolic OH excluding ortho intramolecular Hbond substituents is 1. The molecule has 1 heterocycles. The molecule has 1 aromatic carbocycles. The van der Waals surface area contributed by atoms with Gasteiger partial charge in [-0.1, -0.05) is 17.2 Å². The molecular weight excluding hydrogens is 250 g/mol. The number of aromatic hydroxyl groups is 1. The molecule has 0 saturated heterocycles. The Balaban J connectivity index is 1.86. The maximum absolute atomic E-state index is 11.4. The van der Waals surface area contributed by atoms with Gasteiger partial charge in [0.2, 0.25) is 0 Å². The number of nitrogen functional groups attached to an aromatic ring is 1. The molecular formula is C10H11N7O2. The van der Waals surface area contributed by atoms with Crippen LogP contribution < -0.4 is 11.2 Å². The molecule has 4 N–H and O–H groups in total. The van der Waals surface area contributed by atoms with E-state index in [9.17, 15) is 9.90 Å². The number of anilines is 1. The molecule has 19 heavy (non-hydrogen) atoms. The molecule has 9 heteroatoms. The summed E-state index contributed by atoms with van der Waals surface area (Å²) in [5.41, 5.74) is 8.20. The first-order valence-electron chi connectivity index (χ1n) is 5.28. The monoisotopic (exact) mass is 261 g/mol. The van der Waals surface area contributed by atoms with Gasteiger partial charge in [-0.3, -0.25) is 4.79 Å². The van der Waals surface area contributed by atoms with Gasteiger partial charge < -0.3 is 10.8 Å².